The molecule has 1 aliphatic carbocycles. The molecular formula is C21H19N5OS. The highest BCUT2D eigenvalue weighted by molar-refractivity contribution is 7.16. The SMILES string of the molecule is O=C(NCc1nn2c(C3CC3)nnc2s1)C(c1ccccc1)c1ccccc1. The van der Waals surface area contributed by atoms with Crippen molar-refractivity contribution in [3.05, 3.63) is 82.6 Å². The minimum Gasteiger partial charge on any atom is -0.349 e. The summed E-state index contributed by atoms with van der Waals surface area (Å²) in [7, 11) is 0. The lowest BCUT2D eigenvalue weighted by molar-refractivity contribution is -0.121. The summed E-state index contributed by atoms with van der Waals surface area (Å²) in [4.78, 5) is 13.9. The number of nitrogens with one attached hydrogen (secondary N) is 1. The Kier molecular flexibility index (Phi) is 4.37. The number of carbonyl (C=O) groups is 1. The predicted octanol–water partition coefficient (Wildman–Crippen LogP) is 3.51. The van der Waals surface area contributed by atoms with Crippen molar-refractivity contribution in [2.45, 2.75) is 31.2 Å². The van der Waals surface area contributed by atoms with Gasteiger partial charge in [-0.15, -0.1) is 10.2 Å². The molecule has 2 aromatic carbocycles. The van der Waals surface area contributed by atoms with Gasteiger partial charge in [-0.3, -0.25) is 4.79 Å². The Morgan fingerprint density at radius 2 is 1.68 bits per heavy atom. The summed E-state index contributed by atoms with van der Waals surface area (Å²) in [6.07, 6.45) is 2.31. The van der Waals surface area contributed by atoms with E-state index in [2.05, 4.69) is 20.6 Å². The molecule has 0 radical (unpaired) electrons. The standard InChI is InChI=1S/C21H19N5OS/c27-20(18(14-7-3-1-4-8-14)15-9-5-2-6-10-15)22-13-17-25-26-19(16-11-12-16)23-24-21(26)28-17/h1-10,16,18H,11-13H2,(H,22,27). The van der Waals surface area contributed by atoms with Crippen LogP contribution in [0.5, 0.6) is 0 Å². The first-order chi connectivity index (χ1) is 13.8. The van der Waals surface area contributed by atoms with E-state index in [1.807, 2.05) is 65.2 Å². The quantitative estimate of drug-likeness (QED) is 0.548. The minimum absolute atomic E-state index is 0.0363. The highest BCUT2D eigenvalue weighted by atomic mass is 32.1. The maximum atomic E-state index is 13.1. The fourth-order valence-electron chi connectivity index (χ4n) is 3.39. The average Bonchev–Trinajstić information content (AvgIpc) is 3.37. The van der Waals surface area contributed by atoms with Gasteiger partial charge in [-0.05, 0) is 24.0 Å². The fraction of sp³-hybridized carbons (Fsp3) is 0.238. The predicted molar refractivity (Wildman–Crippen MR) is 107 cm³/mol. The monoisotopic (exact) mass is 389 g/mol. The molecule has 2 aromatic heterocycles. The van der Waals surface area contributed by atoms with E-state index in [1.165, 1.54) is 11.3 Å². The highest BCUT2D eigenvalue weighted by Gasteiger charge is 2.30. The van der Waals surface area contributed by atoms with Gasteiger partial charge in [0.2, 0.25) is 10.9 Å². The van der Waals surface area contributed by atoms with Gasteiger partial charge in [0, 0.05) is 5.92 Å². The second-order valence-electron chi connectivity index (χ2n) is 6.99. The van der Waals surface area contributed by atoms with Crippen molar-refractivity contribution in [3.63, 3.8) is 0 Å². The van der Waals surface area contributed by atoms with Gasteiger partial charge >= 0.3 is 0 Å². The summed E-state index contributed by atoms with van der Waals surface area (Å²) >= 11 is 1.47. The van der Waals surface area contributed by atoms with E-state index in [9.17, 15) is 4.79 Å². The molecule has 0 unspecified atom stereocenters. The van der Waals surface area contributed by atoms with Gasteiger partial charge in [-0.1, -0.05) is 72.0 Å². The van der Waals surface area contributed by atoms with Crippen LogP contribution in [-0.2, 0) is 11.3 Å². The number of fused-ring (bicyclic) bond motifs is 1. The van der Waals surface area contributed by atoms with Crippen LogP contribution in [0.2, 0.25) is 0 Å². The van der Waals surface area contributed by atoms with Crippen molar-refractivity contribution < 1.29 is 4.79 Å². The lowest BCUT2D eigenvalue weighted by atomic mass is 9.90. The number of nitrogens with zero attached hydrogens (tertiary/aromatic N) is 4. The molecule has 0 aliphatic heterocycles. The second kappa shape index (κ2) is 7.16. The third-order valence-corrected chi connectivity index (χ3v) is 5.84. The zero-order valence-electron chi connectivity index (χ0n) is 15.2. The number of hydrogen-bond donors (Lipinski definition) is 1. The largest absolute Gasteiger partial charge is 0.349 e. The number of benzene rings is 2. The van der Waals surface area contributed by atoms with Gasteiger partial charge in [0.25, 0.3) is 0 Å². The van der Waals surface area contributed by atoms with Gasteiger partial charge in [0.15, 0.2) is 5.82 Å². The van der Waals surface area contributed by atoms with Crippen LogP contribution in [0.25, 0.3) is 4.96 Å². The number of carbonyl (C=O) groups excluding carboxylic acids is 1. The lowest BCUT2D eigenvalue weighted by Crippen LogP contribution is -2.29. The molecule has 140 valence electrons. The zero-order valence-corrected chi connectivity index (χ0v) is 16.0. The number of amides is 1. The first-order valence-corrected chi connectivity index (χ1v) is 10.2. The normalized spacial score (nSPS) is 13.9. The van der Waals surface area contributed by atoms with Crippen LogP contribution in [0, 0.1) is 0 Å². The molecule has 0 saturated heterocycles. The van der Waals surface area contributed by atoms with Gasteiger partial charge < -0.3 is 5.32 Å². The highest BCUT2D eigenvalue weighted by Crippen LogP contribution is 2.39. The molecule has 28 heavy (non-hydrogen) atoms. The summed E-state index contributed by atoms with van der Waals surface area (Å²) in [5.41, 5.74) is 1.95. The van der Waals surface area contributed by atoms with Crippen molar-refractivity contribution in [1.82, 2.24) is 25.1 Å². The Bertz CT molecular complexity index is 1060. The number of hydrogen-bond acceptors (Lipinski definition) is 5. The van der Waals surface area contributed by atoms with Crippen LogP contribution in [-0.4, -0.2) is 25.7 Å². The molecule has 1 amide bonds. The maximum Gasteiger partial charge on any atom is 0.234 e. The van der Waals surface area contributed by atoms with Crippen molar-refractivity contribution >= 4 is 22.2 Å². The van der Waals surface area contributed by atoms with Crippen LogP contribution in [0.3, 0.4) is 0 Å². The zero-order chi connectivity index (χ0) is 18.9. The Labute approximate surface area is 166 Å². The molecule has 1 fully saturated rings. The van der Waals surface area contributed by atoms with Gasteiger partial charge in [-0.25, -0.2) is 0 Å². The molecule has 1 aliphatic rings. The van der Waals surface area contributed by atoms with Gasteiger partial charge in [0.05, 0.1) is 12.5 Å². The summed E-state index contributed by atoms with van der Waals surface area (Å²) in [6.45, 7) is 0.382. The van der Waals surface area contributed by atoms with E-state index in [1.54, 1.807) is 0 Å². The Balaban J connectivity index is 1.36. The molecule has 0 spiro atoms. The Hall–Kier alpha value is -3.06. The Morgan fingerprint density at radius 1 is 1.04 bits per heavy atom. The molecule has 1 saturated carbocycles. The molecule has 2 heterocycles. The molecule has 7 heteroatoms. The average molecular weight is 389 g/mol. The van der Waals surface area contributed by atoms with Crippen molar-refractivity contribution in [2.75, 3.05) is 0 Å². The van der Waals surface area contributed by atoms with Gasteiger partial charge in [-0.2, -0.15) is 9.61 Å². The molecule has 0 atom stereocenters. The van der Waals surface area contributed by atoms with Crippen LogP contribution in [0.1, 0.15) is 46.6 Å². The summed E-state index contributed by atoms with van der Waals surface area (Å²) in [5.74, 6) is 1.04. The third kappa shape index (κ3) is 3.29. The molecule has 1 N–H and O–H groups in total. The molecule has 4 aromatic rings. The fourth-order valence-corrected chi connectivity index (χ4v) is 4.17. The molecular weight excluding hydrogens is 370 g/mol. The van der Waals surface area contributed by atoms with Crippen molar-refractivity contribution in [3.8, 4) is 0 Å². The second-order valence-corrected chi connectivity index (χ2v) is 8.04. The molecule has 6 nitrogen and oxygen atoms in total. The smallest absolute Gasteiger partial charge is 0.234 e. The van der Waals surface area contributed by atoms with Crippen molar-refractivity contribution in [2.24, 2.45) is 0 Å². The first-order valence-electron chi connectivity index (χ1n) is 9.38. The molecule has 5 rings (SSSR count). The van der Waals surface area contributed by atoms with E-state index < -0.39 is 0 Å². The maximum absolute atomic E-state index is 13.1. The summed E-state index contributed by atoms with van der Waals surface area (Å²) in [6, 6.07) is 19.7. The van der Waals surface area contributed by atoms with E-state index in [0.29, 0.717) is 12.5 Å². The van der Waals surface area contributed by atoms with E-state index in [-0.39, 0.29) is 11.8 Å². The van der Waals surface area contributed by atoms with E-state index in [4.69, 9.17) is 0 Å². The van der Waals surface area contributed by atoms with Crippen molar-refractivity contribution in [1.29, 1.82) is 0 Å². The van der Waals surface area contributed by atoms with Crippen LogP contribution in [0.15, 0.2) is 60.7 Å². The minimum atomic E-state index is -0.352. The van der Waals surface area contributed by atoms with Gasteiger partial charge in [0.1, 0.15) is 5.01 Å². The topological polar surface area (TPSA) is 72.2 Å². The van der Waals surface area contributed by atoms with E-state index >= 15 is 0 Å². The van der Waals surface area contributed by atoms with Crippen LogP contribution < -0.4 is 5.32 Å². The number of rotatable bonds is 6. The Morgan fingerprint density at radius 3 is 2.29 bits per heavy atom. The lowest BCUT2D eigenvalue weighted by Gasteiger charge is -2.17. The number of aromatic nitrogens is 4. The van der Waals surface area contributed by atoms with E-state index in [0.717, 1.165) is 39.8 Å². The molecule has 0 bridgehead atoms. The summed E-state index contributed by atoms with van der Waals surface area (Å²) < 4.78 is 1.83. The van der Waals surface area contributed by atoms with Crippen LogP contribution >= 0.6 is 11.3 Å². The third-order valence-electron chi connectivity index (χ3n) is 4.94. The summed E-state index contributed by atoms with van der Waals surface area (Å²) in [5, 5.41) is 16.9. The van der Waals surface area contributed by atoms with Crippen LogP contribution in [0.4, 0.5) is 0 Å². The first kappa shape index (κ1) is 17.1.